The van der Waals surface area contributed by atoms with Gasteiger partial charge >= 0.3 is 0 Å². The van der Waals surface area contributed by atoms with Gasteiger partial charge in [0, 0.05) is 12.6 Å². The van der Waals surface area contributed by atoms with Crippen LogP contribution >= 0.6 is 0 Å². The van der Waals surface area contributed by atoms with Gasteiger partial charge < -0.3 is 15.0 Å². The highest BCUT2D eigenvalue weighted by Crippen LogP contribution is 2.22. The molecule has 0 aliphatic rings. The Kier molecular flexibility index (Phi) is 10.1. The number of anilines is 1. The Labute approximate surface area is 209 Å². The lowest BCUT2D eigenvalue weighted by atomic mass is 10.1. The summed E-state index contributed by atoms with van der Waals surface area (Å²) >= 11 is 0. The lowest BCUT2D eigenvalue weighted by Gasteiger charge is -2.32. The first-order chi connectivity index (χ1) is 16.5. The molecule has 2 aromatic carbocycles. The fourth-order valence-electron chi connectivity index (χ4n) is 3.54. The summed E-state index contributed by atoms with van der Waals surface area (Å²) in [5, 5.41) is 2.92. The van der Waals surface area contributed by atoms with E-state index in [-0.39, 0.29) is 18.5 Å². The molecular formula is C26H37N3O5S. The first-order valence-corrected chi connectivity index (χ1v) is 13.7. The SMILES string of the molecule is CCOc1ccc(N(CC(=O)N(Cc2cccc(C)c2)[C@H](C)C(=O)N[C@@H](C)CC)S(C)(=O)=O)cc1. The monoisotopic (exact) mass is 503 g/mol. The summed E-state index contributed by atoms with van der Waals surface area (Å²) in [7, 11) is -3.78. The summed E-state index contributed by atoms with van der Waals surface area (Å²) in [6, 6.07) is 13.4. The number of hydrogen-bond donors (Lipinski definition) is 1. The predicted molar refractivity (Wildman–Crippen MR) is 139 cm³/mol. The van der Waals surface area contributed by atoms with Crippen LogP contribution in [0.2, 0.25) is 0 Å². The summed E-state index contributed by atoms with van der Waals surface area (Å²) in [5.41, 5.74) is 2.23. The fraction of sp³-hybridized carbons (Fsp3) is 0.462. The summed E-state index contributed by atoms with van der Waals surface area (Å²) in [5.74, 6) is -0.155. The van der Waals surface area contributed by atoms with Gasteiger partial charge in [0.2, 0.25) is 21.8 Å². The maximum Gasteiger partial charge on any atom is 0.244 e. The molecule has 0 saturated carbocycles. The molecule has 2 aromatic rings. The standard InChI is InChI=1S/C26H37N3O5S/c1-7-20(4)27-26(31)21(5)28(17-22-11-9-10-19(3)16-22)25(30)18-29(35(6,32)33)23-12-14-24(15-13-23)34-8-2/h9-16,20-21H,7-8,17-18H2,1-6H3,(H,27,31)/t20-,21+/m0/s1. The zero-order chi connectivity index (χ0) is 26.2. The molecule has 0 fully saturated rings. The Morgan fingerprint density at radius 3 is 2.26 bits per heavy atom. The number of nitrogens with one attached hydrogen (secondary N) is 1. The molecule has 0 aromatic heterocycles. The van der Waals surface area contributed by atoms with Crippen LogP contribution in [0.4, 0.5) is 5.69 Å². The van der Waals surface area contributed by atoms with E-state index >= 15 is 0 Å². The van der Waals surface area contributed by atoms with Crippen LogP contribution in [0.1, 0.15) is 45.2 Å². The van der Waals surface area contributed by atoms with Crippen LogP contribution in [0, 0.1) is 6.92 Å². The molecule has 2 amide bonds. The second-order valence-corrected chi connectivity index (χ2v) is 10.6. The van der Waals surface area contributed by atoms with Gasteiger partial charge in [0.25, 0.3) is 0 Å². The molecule has 0 heterocycles. The predicted octanol–water partition coefficient (Wildman–Crippen LogP) is 3.49. The van der Waals surface area contributed by atoms with E-state index in [2.05, 4.69) is 5.32 Å². The van der Waals surface area contributed by atoms with Crippen molar-refractivity contribution in [1.29, 1.82) is 0 Å². The minimum absolute atomic E-state index is 0.0442. The Morgan fingerprint density at radius 1 is 1.06 bits per heavy atom. The molecule has 2 rings (SSSR count). The van der Waals surface area contributed by atoms with Gasteiger partial charge in [0.1, 0.15) is 18.3 Å². The van der Waals surface area contributed by atoms with Crippen molar-refractivity contribution in [3.8, 4) is 5.75 Å². The van der Waals surface area contributed by atoms with E-state index in [0.717, 1.165) is 28.1 Å². The third-order valence-corrected chi connectivity index (χ3v) is 6.86. The first kappa shape index (κ1) is 28.2. The van der Waals surface area contributed by atoms with Gasteiger partial charge in [-0.3, -0.25) is 13.9 Å². The number of benzene rings is 2. The highest BCUT2D eigenvalue weighted by Gasteiger charge is 2.30. The maximum absolute atomic E-state index is 13.5. The lowest BCUT2D eigenvalue weighted by Crippen LogP contribution is -2.52. The second kappa shape index (κ2) is 12.6. The van der Waals surface area contributed by atoms with E-state index in [1.54, 1.807) is 31.2 Å². The van der Waals surface area contributed by atoms with Gasteiger partial charge in [-0.25, -0.2) is 8.42 Å². The van der Waals surface area contributed by atoms with Crippen molar-refractivity contribution >= 4 is 27.5 Å². The Bertz CT molecular complexity index is 1100. The van der Waals surface area contributed by atoms with Gasteiger partial charge in [-0.1, -0.05) is 36.8 Å². The van der Waals surface area contributed by atoms with Crippen LogP contribution < -0.4 is 14.4 Å². The van der Waals surface area contributed by atoms with E-state index in [4.69, 9.17) is 4.74 Å². The van der Waals surface area contributed by atoms with Crippen LogP contribution in [0.25, 0.3) is 0 Å². The largest absolute Gasteiger partial charge is 0.494 e. The van der Waals surface area contributed by atoms with Crippen molar-refractivity contribution in [3.05, 3.63) is 59.7 Å². The van der Waals surface area contributed by atoms with Crippen molar-refractivity contribution < 1.29 is 22.7 Å². The molecule has 0 saturated heterocycles. The third-order valence-electron chi connectivity index (χ3n) is 5.72. The summed E-state index contributed by atoms with van der Waals surface area (Å²) < 4.78 is 31.8. The van der Waals surface area contributed by atoms with Crippen molar-refractivity contribution in [2.45, 2.75) is 59.7 Å². The maximum atomic E-state index is 13.5. The summed E-state index contributed by atoms with van der Waals surface area (Å²) in [6.45, 7) is 9.56. The second-order valence-electron chi connectivity index (χ2n) is 8.70. The van der Waals surface area contributed by atoms with E-state index in [9.17, 15) is 18.0 Å². The van der Waals surface area contributed by atoms with Crippen LogP contribution in [-0.4, -0.2) is 56.6 Å². The summed E-state index contributed by atoms with van der Waals surface area (Å²) in [6.07, 6.45) is 1.81. The molecule has 1 N–H and O–H groups in total. The zero-order valence-electron chi connectivity index (χ0n) is 21.4. The Morgan fingerprint density at radius 2 is 1.71 bits per heavy atom. The van der Waals surface area contributed by atoms with Gasteiger partial charge in [-0.05, 0) is 63.9 Å². The van der Waals surface area contributed by atoms with E-state index in [1.165, 1.54) is 4.90 Å². The molecule has 0 aliphatic carbocycles. The van der Waals surface area contributed by atoms with Crippen molar-refractivity contribution in [3.63, 3.8) is 0 Å². The van der Waals surface area contributed by atoms with Crippen LogP contribution in [-0.2, 0) is 26.2 Å². The number of carbonyl (C=O) groups excluding carboxylic acids is 2. The Hall–Kier alpha value is -3.07. The molecule has 0 radical (unpaired) electrons. The van der Waals surface area contributed by atoms with E-state index < -0.39 is 28.5 Å². The minimum Gasteiger partial charge on any atom is -0.494 e. The smallest absolute Gasteiger partial charge is 0.244 e. The summed E-state index contributed by atoms with van der Waals surface area (Å²) in [4.78, 5) is 27.9. The third kappa shape index (κ3) is 8.28. The normalized spacial score (nSPS) is 13.0. The van der Waals surface area contributed by atoms with Crippen LogP contribution in [0.15, 0.2) is 48.5 Å². The number of hydrogen-bond acceptors (Lipinski definition) is 5. The zero-order valence-corrected chi connectivity index (χ0v) is 22.3. The molecule has 0 unspecified atom stereocenters. The molecule has 0 aliphatic heterocycles. The van der Waals surface area contributed by atoms with Gasteiger partial charge in [-0.2, -0.15) is 0 Å². The van der Waals surface area contributed by atoms with Gasteiger partial charge in [0.05, 0.1) is 18.6 Å². The molecule has 35 heavy (non-hydrogen) atoms. The molecule has 9 heteroatoms. The number of aryl methyl sites for hydroxylation is 1. The lowest BCUT2D eigenvalue weighted by molar-refractivity contribution is -0.139. The number of sulfonamides is 1. The van der Waals surface area contributed by atoms with Gasteiger partial charge in [-0.15, -0.1) is 0 Å². The molecule has 2 atom stereocenters. The van der Waals surface area contributed by atoms with E-state index in [1.807, 2.05) is 52.0 Å². The highest BCUT2D eigenvalue weighted by atomic mass is 32.2. The highest BCUT2D eigenvalue weighted by molar-refractivity contribution is 7.92. The molecule has 0 spiro atoms. The number of amides is 2. The van der Waals surface area contributed by atoms with Crippen molar-refractivity contribution in [2.75, 3.05) is 23.7 Å². The van der Waals surface area contributed by atoms with Gasteiger partial charge in [0.15, 0.2) is 0 Å². The van der Waals surface area contributed by atoms with Crippen molar-refractivity contribution in [2.24, 2.45) is 0 Å². The fourth-order valence-corrected chi connectivity index (χ4v) is 4.39. The minimum atomic E-state index is -3.78. The number of rotatable bonds is 12. The Balaban J connectivity index is 2.36. The van der Waals surface area contributed by atoms with E-state index in [0.29, 0.717) is 18.0 Å². The first-order valence-electron chi connectivity index (χ1n) is 11.8. The molecule has 8 nitrogen and oxygen atoms in total. The number of ether oxygens (including phenoxy) is 1. The molecule has 192 valence electrons. The van der Waals surface area contributed by atoms with Crippen LogP contribution in [0.5, 0.6) is 5.75 Å². The average Bonchev–Trinajstić information content (AvgIpc) is 2.80. The molecule has 0 bridgehead atoms. The quantitative estimate of drug-likeness (QED) is 0.478. The topological polar surface area (TPSA) is 96.0 Å². The number of nitrogens with zero attached hydrogens (tertiary/aromatic N) is 2. The van der Waals surface area contributed by atoms with Crippen LogP contribution in [0.3, 0.4) is 0 Å². The average molecular weight is 504 g/mol. The molecular weight excluding hydrogens is 466 g/mol. The number of carbonyl (C=O) groups is 2. The van der Waals surface area contributed by atoms with Crippen molar-refractivity contribution in [1.82, 2.24) is 10.2 Å².